The number of nitrogens with zero attached hydrogens (tertiary/aromatic N) is 4. The first-order valence-corrected chi connectivity index (χ1v) is 9.26. The number of rotatable bonds is 5. The fraction of sp³-hybridized carbons (Fsp3) is 0.333. The molecule has 29 heavy (non-hydrogen) atoms. The number of anilines is 2. The Morgan fingerprint density at radius 1 is 1.21 bits per heavy atom. The van der Waals surface area contributed by atoms with Crippen molar-refractivity contribution in [1.82, 2.24) is 20.0 Å². The van der Waals surface area contributed by atoms with Crippen molar-refractivity contribution < 1.29 is 14.1 Å². The molecule has 8 heteroatoms. The van der Waals surface area contributed by atoms with E-state index in [1.165, 1.54) is 6.26 Å². The van der Waals surface area contributed by atoms with Gasteiger partial charge in [0.25, 0.3) is 0 Å². The van der Waals surface area contributed by atoms with Crippen LogP contribution in [0.3, 0.4) is 0 Å². The molecular formula is C21H25N5O3. The third-order valence-electron chi connectivity index (χ3n) is 4.03. The first-order valence-electron chi connectivity index (χ1n) is 9.26. The SMILES string of the molecule is Cc1nocc1Nc1nccc(-c2ccc(CN(C)C(=O)OC(C)(C)C)cc2)n1. The normalized spacial score (nSPS) is 11.2. The summed E-state index contributed by atoms with van der Waals surface area (Å²) in [6.07, 6.45) is 2.86. The number of aromatic nitrogens is 3. The molecule has 1 N–H and O–H groups in total. The van der Waals surface area contributed by atoms with Crippen molar-refractivity contribution in [3.63, 3.8) is 0 Å². The fourth-order valence-corrected chi connectivity index (χ4v) is 2.57. The Hall–Kier alpha value is -3.42. The molecular weight excluding hydrogens is 370 g/mol. The average molecular weight is 395 g/mol. The quantitative estimate of drug-likeness (QED) is 0.677. The van der Waals surface area contributed by atoms with E-state index < -0.39 is 5.60 Å². The van der Waals surface area contributed by atoms with E-state index in [1.807, 2.05) is 58.0 Å². The molecule has 152 valence electrons. The number of aryl methyl sites for hydroxylation is 1. The molecule has 3 rings (SSSR count). The van der Waals surface area contributed by atoms with Crippen molar-refractivity contribution in [2.45, 2.75) is 39.8 Å². The van der Waals surface area contributed by atoms with E-state index in [1.54, 1.807) is 18.1 Å². The highest BCUT2D eigenvalue weighted by Gasteiger charge is 2.19. The minimum absolute atomic E-state index is 0.350. The van der Waals surface area contributed by atoms with Gasteiger partial charge in [0.05, 0.1) is 5.69 Å². The lowest BCUT2D eigenvalue weighted by molar-refractivity contribution is 0.0285. The van der Waals surface area contributed by atoms with E-state index in [-0.39, 0.29) is 6.09 Å². The summed E-state index contributed by atoms with van der Waals surface area (Å²) in [5.41, 5.74) is 3.67. The first-order chi connectivity index (χ1) is 13.7. The van der Waals surface area contributed by atoms with Gasteiger partial charge < -0.3 is 19.5 Å². The standard InChI is InChI=1S/C21H25N5O3/c1-14-18(13-28-25-14)24-19-22-11-10-17(23-19)16-8-6-15(7-9-16)12-26(5)20(27)29-21(2,3)4/h6-11,13H,12H2,1-5H3,(H,22,23,24). The summed E-state index contributed by atoms with van der Waals surface area (Å²) in [6.45, 7) is 7.84. The van der Waals surface area contributed by atoms with Gasteiger partial charge in [0.1, 0.15) is 23.2 Å². The van der Waals surface area contributed by atoms with Crippen LogP contribution in [-0.4, -0.2) is 38.8 Å². The molecule has 0 saturated carbocycles. The van der Waals surface area contributed by atoms with Crippen molar-refractivity contribution in [3.8, 4) is 11.3 Å². The largest absolute Gasteiger partial charge is 0.444 e. The van der Waals surface area contributed by atoms with Crippen molar-refractivity contribution in [3.05, 3.63) is 54.0 Å². The van der Waals surface area contributed by atoms with Crippen LogP contribution in [0.25, 0.3) is 11.3 Å². The molecule has 0 aliphatic heterocycles. The summed E-state index contributed by atoms with van der Waals surface area (Å²) in [5, 5.41) is 6.92. The van der Waals surface area contributed by atoms with Gasteiger partial charge in [-0.1, -0.05) is 29.4 Å². The van der Waals surface area contributed by atoms with E-state index in [4.69, 9.17) is 9.26 Å². The van der Waals surface area contributed by atoms with Crippen LogP contribution in [0.5, 0.6) is 0 Å². The van der Waals surface area contributed by atoms with Crippen LogP contribution in [0.4, 0.5) is 16.4 Å². The van der Waals surface area contributed by atoms with Gasteiger partial charge in [0.2, 0.25) is 5.95 Å². The molecule has 0 aliphatic rings. The molecule has 8 nitrogen and oxygen atoms in total. The van der Waals surface area contributed by atoms with Crippen LogP contribution in [-0.2, 0) is 11.3 Å². The van der Waals surface area contributed by atoms with E-state index in [0.717, 1.165) is 28.2 Å². The Labute approximate surface area is 169 Å². The van der Waals surface area contributed by atoms with Crippen LogP contribution in [0.2, 0.25) is 0 Å². The summed E-state index contributed by atoms with van der Waals surface area (Å²) >= 11 is 0. The van der Waals surface area contributed by atoms with Gasteiger partial charge in [0, 0.05) is 25.4 Å². The molecule has 2 aromatic heterocycles. The van der Waals surface area contributed by atoms with Gasteiger partial charge in [-0.25, -0.2) is 14.8 Å². The highest BCUT2D eigenvalue weighted by atomic mass is 16.6. The second-order valence-corrected chi connectivity index (χ2v) is 7.74. The Morgan fingerprint density at radius 2 is 1.93 bits per heavy atom. The number of nitrogens with one attached hydrogen (secondary N) is 1. The highest BCUT2D eigenvalue weighted by Crippen LogP contribution is 2.22. The molecule has 1 aromatic carbocycles. The van der Waals surface area contributed by atoms with E-state index >= 15 is 0 Å². The fourth-order valence-electron chi connectivity index (χ4n) is 2.57. The van der Waals surface area contributed by atoms with Crippen LogP contribution in [0, 0.1) is 6.92 Å². The monoisotopic (exact) mass is 395 g/mol. The van der Waals surface area contributed by atoms with Crippen LogP contribution < -0.4 is 5.32 Å². The number of hydrogen-bond acceptors (Lipinski definition) is 7. The Balaban J connectivity index is 1.68. The number of ether oxygens (including phenoxy) is 1. The molecule has 0 fully saturated rings. The van der Waals surface area contributed by atoms with E-state index in [2.05, 4.69) is 20.4 Å². The molecule has 0 radical (unpaired) electrons. The number of carbonyl (C=O) groups excluding carboxylic acids is 1. The van der Waals surface area contributed by atoms with Crippen molar-refractivity contribution in [2.75, 3.05) is 12.4 Å². The summed E-state index contributed by atoms with van der Waals surface area (Å²) in [7, 11) is 1.72. The van der Waals surface area contributed by atoms with E-state index in [9.17, 15) is 4.79 Å². The van der Waals surface area contributed by atoms with Crippen molar-refractivity contribution >= 4 is 17.7 Å². The highest BCUT2D eigenvalue weighted by molar-refractivity contribution is 5.68. The number of carbonyl (C=O) groups is 1. The molecule has 0 aliphatic carbocycles. The lowest BCUT2D eigenvalue weighted by atomic mass is 10.1. The molecule has 0 spiro atoms. The summed E-state index contributed by atoms with van der Waals surface area (Å²) < 4.78 is 10.3. The maximum absolute atomic E-state index is 12.1. The molecule has 0 atom stereocenters. The van der Waals surface area contributed by atoms with Gasteiger partial charge in [-0.2, -0.15) is 0 Å². The van der Waals surface area contributed by atoms with Crippen LogP contribution in [0.1, 0.15) is 32.0 Å². The summed E-state index contributed by atoms with van der Waals surface area (Å²) in [5.74, 6) is 0.461. The molecule has 0 saturated heterocycles. The molecule has 0 bridgehead atoms. The second kappa shape index (κ2) is 8.30. The minimum atomic E-state index is -0.515. The number of hydrogen-bond donors (Lipinski definition) is 1. The maximum Gasteiger partial charge on any atom is 0.410 e. The molecule has 3 aromatic rings. The second-order valence-electron chi connectivity index (χ2n) is 7.74. The lowest BCUT2D eigenvalue weighted by Crippen LogP contribution is -2.33. The zero-order chi connectivity index (χ0) is 21.0. The van der Waals surface area contributed by atoms with Gasteiger partial charge in [0.15, 0.2) is 0 Å². The number of benzene rings is 1. The predicted molar refractivity (Wildman–Crippen MR) is 110 cm³/mol. The Morgan fingerprint density at radius 3 is 2.55 bits per heavy atom. The lowest BCUT2D eigenvalue weighted by Gasteiger charge is -2.24. The Bertz CT molecular complexity index is 976. The zero-order valence-electron chi connectivity index (χ0n) is 17.3. The zero-order valence-corrected chi connectivity index (χ0v) is 17.3. The first kappa shape index (κ1) is 20.3. The van der Waals surface area contributed by atoms with E-state index in [0.29, 0.717) is 12.5 Å². The van der Waals surface area contributed by atoms with Gasteiger partial charge in [-0.15, -0.1) is 0 Å². The van der Waals surface area contributed by atoms with Crippen molar-refractivity contribution in [2.24, 2.45) is 0 Å². The summed E-state index contributed by atoms with van der Waals surface area (Å²) in [6, 6.07) is 9.71. The van der Waals surface area contributed by atoms with Crippen LogP contribution >= 0.6 is 0 Å². The smallest absolute Gasteiger partial charge is 0.410 e. The average Bonchev–Trinajstić information content (AvgIpc) is 3.06. The van der Waals surface area contributed by atoms with Crippen molar-refractivity contribution in [1.29, 1.82) is 0 Å². The number of amides is 1. The summed E-state index contributed by atoms with van der Waals surface area (Å²) in [4.78, 5) is 22.4. The van der Waals surface area contributed by atoms with Gasteiger partial charge in [-0.05, 0) is 39.3 Å². The van der Waals surface area contributed by atoms with Gasteiger partial charge >= 0.3 is 6.09 Å². The molecule has 0 unspecified atom stereocenters. The predicted octanol–water partition coefficient (Wildman–Crippen LogP) is 4.55. The molecule has 2 heterocycles. The van der Waals surface area contributed by atoms with Gasteiger partial charge in [-0.3, -0.25) is 0 Å². The topological polar surface area (TPSA) is 93.4 Å². The Kier molecular flexibility index (Phi) is 5.81. The maximum atomic E-state index is 12.1. The van der Waals surface area contributed by atoms with Crippen LogP contribution in [0.15, 0.2) is 47.3 Å². The third kappa shape index (κ3) is 5.54. The molecule has 1 amide bonds. The minimum Gasteiger partial charge on any atom is -0.444 e. The third-order valence-corrected chi connectivity index (χ3v) is 4.03.